The van der Waals surface area contributed by atoms with Gasteiger partial charge in [0.15, 0.2) is 5.75 Å². The molecule has 0 aliphatic rings. The van der Waals surface area contributed by atoms with E-state index in [-0.39, 0.29) is 6.04 Å². The largest absolute Gasteiger partial charge is 0.436 e. The summed E-state index contributed by atoms with van der Waals surface area (Å²) in [5.41, 5.74) is 7.03. The third kappa shape index (κ3) is 3.30. The summed E-state index contributed by atoms with van der Waals surface area (Å²) >= 11 is 0. The summed E-state index contributed by atoms with van der Waals surface area (Å²) in [6.45, 7) is 2.08. The van der Waals surface area contributed by atoms with Crippen LogP contribution in [-0.2, 0) is 13.5 Å². The van der Waals surface area contributed by atoms with E-state index in [2.05, 4.69) is 17.0 Å². The van der Waals surface area contributed by atoms with Gasteiger partial charge in [0.2, 0.25) is 5.88 Å². The Balaban J connectivity index is 1.99. The van der Waals surface area contributed by atoms with Gasteiger partial charge in [-0.1, -0.05) is 13.0 Å². The lowest BCUT2D eigenvalue weighted by molar-refractivity contribution is 0.461. The molecule has 0 aliphatic carbocycles. The zero-order valence-electron chi connectivity index (χ0n) is 10.7. The van der Waals surface area contributed by atoms with Crippen molar-refractivity contribution in [2.45, 2.75) is 25.8 Å². The maximum Gasteiger partial charge on any atom is 0.219 e. The molecule has 18 heavy (non-hydrogen) atoms. The van der Waals surface area contributed by atoms with E-state index in [4.69, 9.17) is 10.5 Å². The molecule has 1 unspecified atom stereocenters. The lowest BCUT2D eigenvalue weighted by Gasteiger charge is -2.08. The van der Waals surface area contributed by atoms with Crippen molar-refractivity contribution in [3.63, 3.8) is 0 Å². The summed E-state index contributed by atoms with van der Waals surface area (Å²) in [6, 6.07) is 4.04. The molecule has 0 saturated carbocycles. The van der Waals surface area contributed by atoms with Crippen LogP contribution in [0.1, 0.15) is 18.9 Å². The number of ether oxygens (including phenoxy) is 1. The van der Waals surface area contributed by atoms with E-state index in [9.17, 15) is 0 Å². The minimum Gasteiger partial charge on any atom is -0.436 e. The molecular weight excluding hydrogens is 228 g/mol. The van der Waals surface area contributed by atoms with Crippen molar-refractivity contribution in [2.24, 2.45) is 12.8 Å². The number of hydrogen-bond donors (Lipinski definition) is 1. The first-order valence-corrected chi connectivity index (χ1v) is 6.04. The monoisotopic (exact) mass is 246 g/mol. The number of nitrogens with two attached hydrogens (primary N) is 1. The molecule has 2 heterocycles. The van der Waals surface area contributed by atoms with Gasteiger partial charge < -0.3 is 10.5 Å². The quantitative estimate of drug-likeness (QED) is 0.874. The average Bonchev–Trinajstić information content (AvgIpc) is 2.77. The van der Waals surface area contributed by atoms with Crippen molar-refractivity contribution >= 4 is 0 Å². The van der Waals surface area contributed by atoms with Gasteiger partial charge in [0.05, 0.1) is 12.4 Å². The van der Waals surface area contributed by atoms with Crippen LogP contribution in [0.5, 0.6) is 11.6 Å². The Bertz CT molecular complexity index is 492. The number of hydrogen-bond acceptors (Lipinski definition) is 4. The van der Waals surface area contributed by atoms with Gasteiger partial charge in [0.1, 0.15) is 0 Å². The zero-order chi connectivity index (χ0) is 13.0. The van der Waals surface area contributed by atoms with Crippen molar-refractivity contribution in [3.8, 4) is 11.6 Å². The molecule has 1 atom stereocenters. The van der Waals surface area contributed by atoms with Crippen molar-refractivity contribution < 1.29 is 4.74 Å². The minimum atomic E-state index is 0.192. The molecule has 5 heteroatoms. The molecule has 0 amide bonds. The van der Waals surface area contributed by atoms with E-state index in [0.717, 1.165) is 18.4 Å². The summed E-state index contributed by atoms with van der Waals surface area (Å²) in [5, 5.41) is 4.03. The molecule has 0 aromatic carbocycles. The van der Waals surface area contributed by atoms with Gasteiger partial charge in [-0.2, -0.15) is 5.10 Å². The Labute approximate surface area is 107 Å². The molecule has 0 bridgehead atoms. The Morgan fingerprint density at radius 2 is 2.22 bits per heavy atom. The van der Waals surface area contributed by atoms with Gasteiger partial charge in [-0.05, 0) is 18.4 Å². The number of pyridine rings is 1. The summed E-state index contributed by atoms with van der Waals surface area (Å²) in [7, 11) is 1.84. The number of aromatic nitrogens is 3. The minimum absolute atomic E-state index is 0.192. The fraction of sp³-hybridized carbons (Fsp3) is 0.385. The van der Waals surface area contributed by atoms with Crippen LogP contribution in [0.15, 0.2) is 30.7 Å². The Morgan fingerprint density at radius 3 is 2.78 bits per heavy atom. The normalized spacial score (nSPS) is 12.4. The summed E-state index contributed by atoms with van der Waals surface area (Å²) in [5.74, 6) is 1.25. The average molecular weight is 246 g/mol. The molecular formula is C13H18N4O. The lowest BCUT2D eigenvalue weighted by atomic mass is 10.1. The third-order valence-corrected chi connectivity index (χ3v) is 2.72. The smallest absolute Gasteiger partial charge is 0.219 e. The second-order valence-electron chi connectivity index (χ2n) is 4.33. The zero-order valence-corrected chi connectivity index (χ0v) is 10.7. The van der Waals surface area contributed by atoms with Crippen LogP contribution in [-0.4, -0.2) is 20.8 Å². The van der Waals surface area contributed by atoms with Crippen molar-refractivity contribution in [2.75, 3.05) is 0 Å². The van der Waals surface area contributed by atoms with Crippen molar-refractivity contribution in [1.29, 1.82) is 0 Å². The van der Waals surface area contributed by atoms with Crippen LogP contribution < -0.4 is 10.5 Å². The molecule has 0 spiro atoms. The Hall–Kier alpha value is -1.88. The summed E-state index contributed by atoms with van der Waals surface area (Å²) in [6.07, 6.45) is 7.07. The van der Waals surface area contributed by atoms with Crippen LogP contribution in [0.2, 0.25) is 0 Å². The molecule has 96 valence electrons. The Kier molecular flexibility index (Phi) is 3.94. The Morgan fingerprint density at radius 1 is 1.39 bits per heavy atom. The number of rotatable bonds is 5. The second-order valence-corrected chi connectivity index (χ2v) is 4.33. The van der Waals surface area contributed by atoms with Gasteiger partial charge in [-0.25, -0.2) is 4.98 Å². The SMILES string of the molecule is CCC(N)Cc1ccc(Oc2cnn(C)c2)nc1. The third-order valence-electron chi connectivity index (χ3n) is 2.72. The van der Waals surface area contributed by atoms with E-state index >= 15 is 0 Å². The summed E-state index contributed by atoms with van der Waals surface area (Å²) in [4.78, 5) is 4.26. The van der Waals surface area contributed by atoms with E-state index in [0.29, 0.717) is 11.6 Å². The predicted molar refractivity (Wildman–Crippen MR) is 69.5 cm³/mol. The topological polar surface area (TPSA) is 66.0 Å². The highest BCUT2D eigenvalue weighted by molar-refractivity contribution is 5.24. The second kappa shape index (κ2) is 5.64. The van der Waals surface area contributed by atoms with Crippen LogP contribution in [0.25, 0.3) is 0 Å². The van der Waals surface area contributed by atoms with Gasteiger partial charge in [0.25, 0.3) is 0 Å². The van der Waals surface area contributed by atoms with Gasteiger partial charge in [0, 0.05) is 25.4 Å². The van der Waals surface area contributed by atoms with E-state index in [1.807, 2.05) is 19.2 Å². The maximum atomic E-state index is 5.90. The highest BCUT2D eigenvalue weighted by atomic mass is 16.5. The molecule has 2 aromatic rings. The van der Waals surface area contributed by atoms with Crippen molar-refractivity contribution in [1.82, 2.24) is 14.8 Å². The molecule has 0 radical (unpaired) electrons. The molecule has 2 rings (SSSR count). The summed E-state index contributed by atoms with van der Waals surface area (Å²) < 4.78 is 7.24. The van der Waals surface area contributed by atoms with E-state index in [1.54, 1.807) is 23.3 Å². The molecule has 2 N–H and O–H groups in total. The molecule has 0 saturated heterocycles. The lowest BCUT2D eigenvalue weighted by Crippen LogP contribution is -2.21. The standard InChI is InChI=1S/C13H18N4O/c1-3-11(14)6-10-4-5-13(15-7-10)18-12-8-16-17(2)9-12/h4-5,7-9,11H,3,6,14H2,1-2H3. The van der Waals surface area contributed by atoms with E-state index in [1.165, 1.54) is 0 Å². The first-order valence-electron chi connectivity index (χ1n) is 6.04. The van der Waals surface area contributed by atoms with Crippen LogP contribution in [0, 0.1) is 0 Å². The molecule has 0 aliphatic heterocycles. The van der Waals surface area contributed by atoms with Gasteiger partial charge >= 0.3 is 0 Å². The van der Waals surface area contributed by atoms with Crippen molar-refractivity contribution in [3.05, 3.63) is 36.3 Å². The van der Waals surface area contributed by atoms with Crippen LogP contribution in [0.3, 0.4) is 0 Å². The highest BCUT2D eigenvalue weighted by Gasteiger charge is 2.04. The van der Waals surface area contributed by atoms with E-state index < -0.39 is 0 Å². The fourth-order valence-corrected chi connectivity index (χ4v) is 1.61. The molecule has 5 nitrogen and oxygen atoms in total. The predicted octanol–water partition coefficient (Wildman–Crippen LogP) is 1.89. The fourth-order valence-electron chi connectivity index (χ4n) is 1.61. The van der Waals surface area contributed by atoms with Crippen LogP contribution >= 0.6 is 0 Å². The first-order chi connectivity index (χ1) is 8.67. The molecule has 2 aromatic heterocycles. The number of aryl methyl sites for hydroxylation is 1. The van der Waals surface area contributed by atoms with Gasteiger partial charge in [-0.3, -0.25) is 4.68 Å². The van der Waals surface area contributed by atoms with Crippen LogP contribution in [0.4, 0.5) is 0 Å². The maximum absolute atomic E-state index is 5.90. The number of nitrogens with zero attached hydrogens (tertiary/aromatic N) is 3. The molecule has 0 fully saturated rings. The van der Waals surface area contributed by atoms with Gasteiger partial charge in [-0.15, -0.1) is 0 Å². The highest BCUT2D eigenvalue weighted by Crippen LogP contribution is 2.18. The first kappa shape index (κ1) is 12.6.